The van der Waals surface area contributed by atoms with Crippen LogP contribution >= 0.6 is 11.3 Å². The van der Waals surface area contributed by atoms with E-state index in [0.717, 1.165) is 16.0 Å². The van der Waals surface area contributed by atoms with E-state index in [1.165, 1.54) is 17.4 Å². The molecule has 0 saturated carbocycles. The van der Waals surface area contributed by atoms with Gasteiger partial charge in [-0.3, -0.25) is 4.79 Å². The molecular formula is C14H15NO3S. The fraction of sp³-hybridized carbons (Fsp3) is 0.214. The molecule has 2 rings (SSSR count). The summed E-state index contributed by atoms with van der Waals surface area (Å²) in [4.78, 5) is 12.4. The van der Waals surface area contributed by atoms with Crippen LogP contribution in [0.15, 0.2) is 40.5 Å². The fourth-order valence-corrected chi connectivity index (χ4v) is 2.53. The van der Waals surface area contributed by atoms with Crippen molar-refractivity contribution in [3.05, 3.63) is 52.1 Å². The number of carbonyl (C=O) groups excluding carboxylic acids is 1. The SMILES string of the molecule is Cc1ccsc1C(O)CNC(=O)/C=C/c1ccoc1. The predicted octanol–water partition coefficient (Wildman–Crippen LogP) is 2.51. The maximum atomic E-state index is 11.6. The van der Waals surface area contributed by atoms with Crippen LogP contribution in [-0.4, -0.2) is 17.6 Å². The average Bonchev–Trinajstić information content (AvgIpc) is 3.04. The molecule has 0 spiro atoms. The highest BCUT2D eigenvalue weighted by Gasteiger charge is 2.12. The molecule has 0 bridgehead atoms. The summed E-state index contributed by atoms with van der Waals surface area (Å²) < 4.78 is 4.89. The number of rotatable bonds is 5. The van der Waals surface area contributed by atoms with E-state index in [1.807, 2.05) is 18.4 Å². The van der Waals surface area contributed by atoms with Crippen molar-refractivity contribution in [1.82, 2.24) is 5.32 Å². The van der Waals surface area contributed by atoms with E-state index < -0.39 is 6.10 Å². The van der Waals surface area contributed by atoms with E-state index in [-0.39, 0.29) is 12.5 Å². The van der Waals surface area contributed by atoms with Gasteiger partial charge in [-0.05, 0) is 36.1 Å². The Morgan fingerprint density at radius 1 is 1.58 bits per heavy atom. The van der Waals surface area contributed by atoms with Crippen LogP contribution in [0.1, 0.15) is 22.1 Å². The Hall–Kier alpha value is -1.85. The third kappa shape index (κ3) is 3.81. The number of aryl methyl sites for hydroxylation is 1. The second-order valence-electron chi connectivity index (χ2n) is 4.12. The fourth-order valence-electron chi connectivity index (χ4n) is 1.62. The molecule has 0 radical (unpaired) electrons. The average molecular weight is 277 g/mol. The second kappa shape index (κ2) is 6.36. The zero-order valence-electron chi connectivity index (χ0n) is 10.5. The zero-order valence-corrected chi connectivity index (χ0v) is 11.3. The van der Waals surface area contributed by atoms with Gasteiger partial charge in [-0.2, -0.15) is 0 Å². The highest BCUT2D eigenvalue weighted by atomic mass is 32.1. The molecule has 0 aliphatic rings. The number of amides is 1. The van der Waals surface area contributed by atoms with Gasteiger partial charge in [-0.1, -0.05) is 0 Å². The van der Waals surface area contributed by atoms with Crippen LogP contribution in [0.2, 0.25) is 0 Å². The van der Waals surface area contributed by atoms with Crippen molar-refractivity contribution in [3.8, 4) is 0 Å². The van der Waals surface area contributed by atoms with Gasteiger partial charge in [0.2, 0.25) is 5.91 Å². The van der Waals surface area contributed by atoms with E-state index in [4.69, 9.17) is 4.42 Å². The van der Waals surface area contributed by atoms with E-state index in [0.29, 0.717) is 0 Å². The third-order valence-electron chi connectivity index (χ3n) is 2.64. The Kier molecular flexibility index (Phi) is 4.54. The van der Waals surface area contributed by atoms with E-state index in [2.05, 4.69) is 5.32 Å². The molecular weight excluding hydrogens is 262 g/mol. The highest BCUT2D eigenvalue weighted by Crippen LogP contribution is 2.22. The van der Waals surface area contributed by atoms with Crippen LogP contribution in [0, 0.1) is 6.92 Å². The van der Waals surface area contributed by atoms with Gasteiger partial charge in [0, 0.05) is 23.1 Å². The van der Waals surface area contributed by atoms with Crippen molar-refractivity contribution >= 4 is 23.3 Å². The number of thiophene rings is 1. The highest BCUT2D eigenvalue weighted by molar-refractivity contribution is 7.10. The molecule has 0 saturated heterocycles. The van der Waals surface area contributed by atoms with E-state index in [1.54, 1.807) is 24.7 Å². The molecule has 2 N–H and O–H groups in total. The molecule has 0 aromatic carbocycles. The first-order chi connectivity index (χ1) is 9.16. The molecule has 0 aliphatic carbocycles. The minimum atomic E-state index is -0.661. The first-order valence-electron chi connectivity index (χ1n) is 5.87. The topological polar surface area (TPSA) is 62.5 Å². The van der Waals surface area contributed by atoms with Crippen molar-refractivity contribution < 1.29 is 14.3 Å². The molecule has 1 atom stereocenters. The first-order valence-corrected chi connectivity index (χ1v) is 6.75. The standard InChI is InChI=1S/C14H15NO3S/c1-10-5-7-19-14(10)12(16)8-15-13(17)3-2-11-4-6-18-9-11/h2-7,9,12,16H,8H2,1H3,(H,15,17)/b3-2+. The Bertz CT molecular complexity index is 557. The van der Waals surface area contributed by atoms with Crippen LogP contribution in [-0.2, 0) is 4.79 Å². The monoisotopic (exact) mass is 277 g/mol. The molecule has 1 amide bonds. The van der Waals surface area contributed by atoms with Crippen molar-refractivity contribution in [2.75, 3.05) is 6.54 Å². The lowest BCUT2D eigenvalue weighted by molar-refractivity contribution is -0.116. The molecule has 100 valence electrons. The van der Waals surface area contributed by atoms with Crippen LogP contribution in [0.25, 0.3) is 6.08 Å². The lowest BCUT2D eigenvalue weighted by Gasteiger charge is -2.10. The third-order valence-corrected chi connectivity index (χ3v) is 3.76. The second-order valence-corrected chi connectivity index (χ2v) is 5.07. The summed E-state index contributed by atoms with van der Waals surface area (Å²) in [6, 6.07) is 3.71. The maximum absolute atomic E-state index is 11.6. The van der Waals surface area contributed by atoms with Gasteiger partial charge in [0.1, 0.15) is 6.10 Å². The number of hydrogen-bond acceptors (Lipinski definition) is 4. The van der Waals surface area contributed by atoms with Crippen LogP contribution in [0.4, 0.5) is 0 Å². The summed E-state index contributed by atoms with van der Waals surface area (Å²) in [7, 11) is 0. The quantitative estimate of drug-likeness (QED) is 0.825. The Morgan fingerprint density at radius 3 is 3.05 bits per heavy atom. The molecule has 1 unspecified atom stereocenters. The van der Waals surface area contributed by atoms with Crippen molar-refractivity contribution in [1.29, 1.82) is 0 Å². The van der Waals surface area contributed by atoms with E-state index in [9.17, 15) is 9.90 Å². The van der Waals surface area contributed by atoms with Gasteiger partial charge < -0.3 is 14.8 Å². The molecule has 2 aromatic rings. The number of furan rings is 1. The van der Waals surface area contributed by atoms with Crippen molar-refractivity contribution in [2.24, 2.45) is 0 Å². The van der Waals surface area contributed by atoms with Crippen LogP contribution in [0.3, 0.4) is 0 Å². The largest absolute Gasteiger partial charge is 0.472 e. The Morgan fingerprint density at radius 2 is 2.42 bits per heavy atom. The van der Waals surface area contributed by atoms with Gasteiger partial charge in [-0.15, -0.1) is 11.3 Å². The first kappa shape index (κ1) is 13.6. The van der Waals surface area contributed by atoms with E-state index >= 15 is 0 Å². The summed E-state index contributed by atoms with van der Waals surface area (Å²) >= 11 is 1.49. The van der Waals surface area contributed by atoms with Gasteiger partial charge in [0.15, 0.2) is 0 Å². The minimum absolute atomic E-state index is 0.204. The maximum Gasteiger partial charge on any atom is 0.244 e. The molecule has 2 heterocycles. The van der Waals surface area contributed by atoms with Crippen molar-refractivity contribution in [3.63, 3.8) is 0 Å². The molecule has 0 aliphatic heterocycles. The Labute approximate surface area is 115 Å². The molecule has 19 heavy (non-hydrogen) atoms. The summed E-state index contributed by atoms with van der Waals surface area (Å²) in [5, 5.41) is 14.5. The lowest BCUT2D eigenvalue weighted by Crippen LogP contribution is -2.26. The van der Waals surface area contributed by atoms with Crippen molar-refractivity contribution in [2.45, 2.75) is 13.0 Å². The molecule has 2 aromatic heterocycles. The predicted molar refractivity (Wildman–Crippen MR) is 74.8 cm³/mol. The number of carbonyl (C=O) groups is 1. The van der Waals surface area contributed by atoms with Gasteiger partial charge >= 0.3 is 0 Å². The number of aliphatic hydroxyl groups is 1. The van der Waals surface area contributed by atoms with Gasteiger partial charge in [0.25, 0.3) is 0 Å². The molecule has 5 heteroatoms. The number of aliphatic hydroxyl groups excluding tert-OH is 1. The summed E-state index contributed by atoms with van der Waals surface area (Å²) in [6.07, 6.45) is 5.50. The molecule has 0 fully saturated rings. The molecule has 4 nitrogen and oxygen atoms in total. The smallest absolute Gasteiger partial charge is 0.244 e. The summed E-state index contributed by atoms with van der Waals surface area (Å²) in [5.41, 5.74) is 1.87. The summed E-state index contributed by atoms with van der Waals surface area (Å²) in [5.74, 6) is -0.241. The van der Waals surface area contributed by atoms with Gasteiger partial charge in [-0.25, -0.2) is 0 Å². The normalized spacial score (nSPS) is 12.7. The van der Waals surface area contributed by atoms with Crippen LogP contribution < -0.4 is 5.32 Å². The lowest BCUT2D eigenvalue weighted by atomic mass is 10.2. The zero-order chi connectivity index (χ0) is 13.7. The number of hydrogen-bond donors (Lipinski definition) is 2. The number of nitrogens with one attached hydrogen (secondary N) is 1. The summed E-state index contributed by atoms with van der Waals surface area (Å²) in [6.45, 7) is 2.14. The van der Waals surface area contributed by atoms with Gasteiger partial charge in [0.05, 0.1) is 12.5 Å². The van der Waals surface area contributed by atoms with Crippen LogP contribution in [0.5, 0.6) is 0 Å². The minimum Gasteiger partial charge on any atom is -0.472 e. The Balaban J connectivity index is 1.82.